The summed E-state index contributed by atoms with van der Waals surface area (Å²) in [4.78, 5) is 7.07. The Morgan fingerprint density at radius 1 is 1.13 bits per heavy atom. The first-order chi connectivity index (χ1) is 11.2. The molecule has 0 spiro atoms. The van der Waals surface area contributed by atoms with Crippen molar-refractivity contribution in [3.8, 4) is 5.75 Å². The quantitative estimate of drug-likeness (QED) is 0.830. The van der Waals surface area contributed by atoms with Gasteiger partial charge >= 0.3 is 0 Å². The van der Waals surface area contributed by atoms with Gasteiger partial charge in [-0.3, -0.25) is 9.89 Å². The summed E-state index contributed by atoms with van der Waals surface area (Å²) in [6.45, 7) is 2.92. The molecule has 0 unspecified atom stereocenters. The van der Waals surface area contributed by atoms with Gasteiger partial charge in [0, 0.05) is 16.8 Å². The molecule has 2 aromatic rings. The van der Waals surface area contributed by atoms with E-state index in [9.17, 15) is 5.11 Å². The molecule has 120 valence electrons. The zero-order valence-corrected chi connectivity index (χ0v) is 13.8. The van der Waals surface area contributed by atoms with Crippen molar-refractivity contribution in [1.29, 1.82) is 0 Å². The van der Waals surface area contributed by atoms with Crippen molar-refractivity contribution in [2.24, 2.45) is 4.99 Å². The predicted molar refractivity (Wildman–Crippen MR) is 95.6 cm³/mol. The molecule has 1 aliphatic rings. The lowest BCUT2D eigenvalue weighted by Gasteiger charge is -2.26. The number of aromatic hydroxyl groups is 1. The molecule has 0 saturated carbocycles. The molecule has 4 heteroatoms. The number of rotatable bonds is 5. The molecule has 0 amide bonds. The molecular weight excluding hydrogens is 308 g/mol. The summed E-state index contributed by atoms with van der Waals surface area (Å²) in [5.41, 5.74) is 1.95. The number of hydrogen-bond donors (Lipinski definition) is 1. The second kappa shape index (κ2) is 7.62. The van der Waals surface area contributed by atoms with E-state index in [1.165, 1.54) is 18.4 Å². The SMILES string of the molecule is Oc1ccc(Cl)cc1C=NC[C@H](c1ccccc1)N1CCCC1. The first-order valence-electron chi connectivity index (χ1n) is 8.01. The summed E-state index contributed by atoms with van der Waals surface area (Å²) in [5, 5.41) is 10.5. The van der Waals surface area contributed by atoms with Gasteiger partial charge in [0.15, 0.2) is 0 Å². The maximum Gasteiger partial charge on any atom is 0.124 e. The molecule has 1 N–H and O–H groups in total. The van der Waals surface area contributed by atoms with Gasteiger partial charge in [0.25, 0.3) is 0 Å². The molecule has 0 aromatic heterocycles. The van der Waals surface area contributed by atoms with E-state index in [0.717, 1.165) is 13.1 Å². The van der Waals surface area contributed by atoms with Gasteiger partial charge in [-0.05, 0) is 49.7 Å². The van der Waals surface area contributed by atoms with Gasteiger partial charge in [0.2, 0.25) is 0 Å². The van der Waals surface area contributed by atoms with Gasteiger partial charge in [-0.25, -0.2) is 0 Å². The largest absolute Gasteiger partial charge is 0.507 e. The van der Waals surface area contributed by atoms with E-state index in [1.807, 2.05) is 6.07 Å². The van der Waals surface area contributed by atoms with Crippen molar-refractivity contribution in [2.75, 3.05) is 19.6 Å². The average molecular weight is 329 g/mol. The molecule has 0 bridgehead atoms. The van der Waals surface area contributed by atoms with E-state index in [4.69, 9.17) is 11.6 Å². The Labute approximate surface area is 142 Å². The van der Waals surface area contributed by atoms with Crippen molar-refractivity contribution in [1.82, 2.24) is 4.90 Å². The van der Waals surface area contributed by atoms with E-state index in [1.54, 1.807) is 24.4 Å². The molecule has 0 radical (unpaired) electrons. The lowest BCUT2D eigenvalue weighted by molar-refractivity contribution is 0.252. The molecule has 1 fully saturated rings. The normalized spacial score (nSPS) is 16.9. The minimum absolute atomic E-state index is 0.204. The van der Waals surface area contributed by atoms with Crippen LogP contribution < -0.4 is 0 Å². The summed E-state index contributed by atoms with van der Waals surface area (Å²) in [6.07, 6.45) is 4.22. The zero-order chi connectivity index (χ0) is 16.1. The van der Waals surface area contributed by atoms with Gasteiger partial charge in [0.1, 0.15) is 5.75 Å². The first-order valence-corrected chi connectivity index (χ1v) is 8.39. The van der Waals surface area contributed by atoms with Crippen LogP contribution in [-0.4, -0.2) is 35.9 Å². The Morgan fingerprint density at radius 3 is 2.61 bits per heavy atom. The molecule has 1 atom stereocenters. The number of aliphatic imine (C=N–C) groups is 1. The van der Waals surface area contributed by atoms with E-state index >= 15 is 0 Å². The standard InChI is InChI=1S/C19H21ClN2O/c20-17-8-9-19(23)16(12-17)13-21-14-18(22-10-4-5-11-22)15-6-2-1-3-7-15/h1-3,6-9,12-13,18,23H,4-5,10-11,14H2/t18-/m1/s1. The van der Waals surface area contributed by atoms with Gasteiger partial charge in [-0.1, -0.05) is 41.9 Å². The number of hydrogen-bond acceptors (Lipinski definition) is 3. The Morgan fingerprint density at radius 2 is 1.87 bits per heavy atom. The summed E-state index contributed by atoms with van der Waals surface area (Å²) >= 11 is 5.98. The topological polar surface area (TPSA) is 35.8 Å². The van der Waals surface area contributed by atoms with Crippen molar-refractivity contribution in [2.45, 2.75) is 18.9 Å². The van der Waals surface area contributed by atoms with Crippen LogP contribution >= 0.6 is 11.6 Å². The fourth-order valence-electron chi connectivity index (χ4n) is 3.04. The summed E-state index contributed by atoms with van der Waals surface area (Å²) < 4.78 is 0. The van der Waals surface area contributed by atoms with Crippen LogP contribution in [0.2, 0.25) is 5.02 Å². The summed E-state index contributed by atoms with van der Waals surface area (Å²) in [5.74, 6) is 0.204. The number of phenols is 1. The molecule has 2 aromatic carbocycles. The molecule has 1 heterocycles. The van der Waals surface area contributed by atoms with Crippen LogP contribution in [0.3, 0.4) is 0 Å². The van der Waals surface area contributed by atoms with Crippen molar-refractivity contribution in [3.63, 3.8) is 0 Å². The third-order valence-electron chi connectivity index (χ3n) is 4.26. The molecule has 1 saturated heterocycles. The monoisotopic (exact) mass is 328 g/mol. The Hall–Kier alpha value is -1.84. The van der Waals surface area contributed by atoms with Crippen LogP contribution in [0.1, 0.15) is 30.0 Å². The Kier molecular flexibility index (Phi) is 5.31. The molecule has 3 nitrogen and oxygen atoms in total. The maximum absolute atomic E-state index is 9.87. The van der Waals surface area contributed by atoms with Crippen molar-refractivity contribution >= 4 is 17.8 Å². The molecule has 3 rings (SSSR count). The van der Waals surface area contributed by atoms with Gasteiger partial charge in [-0.15, -0.1) is 0 Å². The molecule has 23 heavy (non-hydrogen) atoms. The second-order valence-electron chi connectivity index (χ2n) is 5.87. The average Bonchev–Trinajstić information content (AvgIpc) is 3.09. The zero-order valence-electron chi connectivity index (χ0n) is 13.0. The maximum atomic E-state index is 9.87. The molecule has 1 aliphatic heterocycles. The van der Waals surface area contributed by atoms with E-state index in [2.05, 4.69) is 34.2 Å². The first kappa shape index (κ1) is 16.0. The van der Waals surface area contributed by atoms with Crippen LogP contribution in [0.4, 0.5) is 0 Å². The van der Waals surface area contributed by atoms with Crippen LogP contribution in [-0.2, 0) is 0 Å². The highest BCUT2D eigenvalue weighted by Crippen LogP contribution is 2.26. The lowest BCUT2D eigenvalue weighted by Crippen LogP contribution is -2.27. The van der Waals surface area contributed by atoms with Crippen LogP contribution in [0, 0.1) is 0 Å². The highest BCUT2D eigenvalue weighted by atomic mass is 35.5. The number of nitrogens with zero attached hydrogens (tertiary/aromatic N) is 2. The minimum Gasteiger partial charge on any atom is -0.507 e. The van der Waals surface area contributed by atoms with Crippen molar-refractivity contribution in [3.05, 3.63) is 64.7 Å². The number of halogens is 1. The van der Waals surface area contributed by atoms with Gasteiger partial charge in [0.05, 0.1) is 12.6 Å². The smallest absolute Gasteiger partial charge is 0.124 e. The number of likely N-dealkylation sites (tertiary alicyclic amines) is 1. The second-order valence-corrected chi connectivity index (χ2v) is 6.30. The van der Waals surface area contributed by atoms with Crippen LogP contribution in [0.25, 0.3) is 0 Å². The Bertz CT molecular complexity index is 666. The fourth-order valence-corrected chi connectivity index (χ4v) is 3.22. The van der Waals surface area contributed by atoms with E-state index < -0.39 is 0 Å². The van der Waals surface area contributed by atoms with Gasteiger partial charge in [-0.2, -0.15) is 0 Å². The van der Waals surface area contributed by atoms with Crippen LogP contribution in [0.15, 0.2) is 53.5 Å². The summed E-state index contributed by atoms with van der Waals surface area (Å²) in [6, 6.07) is 15.8. The minimum atomic E-state index is 0.204. The molecule has 0 aliphatic carbocycles. The number of benzene rings is 2. The predicted octanol–water partition coefficient (Wildman–Crippen LogP) is 4.30. The fraction of sp³-hybridized carbons (Fsp3) is 0.316. The number of phenolic OH excluding ortho intramolecular Hbond substituents is 1. The summed E-state index contributed by atoms with van der Waals surface area (Å²) in [7, 11) is 0. The van der Waals surface area contributed by atoms with E-state index in [0.29, 0.717) is 17.1 Å². The van der Waals surface area contributed by atoms with E-state index in [-0.39, 0.29) is 11.8 Å². The molecular formula is C19H21ClN2O. The Balaban J connectivity index is 1.76. The highest BCUT2D eigenvalue weighted by molar-refractivity contribution is 6.30. The van der Waals surface area contributed by atoms with Crippen molar-refractivity contribution < 1.29 is 5.11 Å². The third-order valence-corrected chi connectivity index (χ3v) is 4.50. The van der Waals surface area contributed by atoms with Crippen LogP contribution in [0.5, 0.6) is 5.75 Å². The lowest BCUT2D eigenvalue weighted by atomic mass is 10.1. The van der Waals surface area contributed by atoms with Gasteiger partial charge < -0.3 is 5.11 Å². The third kappa shape index (κ3) is 4.12. The highest BCUT2D eigenvalue weighted by Gasteiger charge is 2.22.